The van der Waals surface area contributed by atoms with Gasteiger partial charge in [-0.2, -0.15) is 5.26 Å². The third-order valence-corrected chi connectivity index (χ3v) is 3.31. The molecule has 0 aliphatic rings. The first-order valence-corrected chi connectivity index (χ1v) is 7.12. The van der Waals surface area contributed by atoms with Gasteiger partial charge in [-0.1, -0.05) is 45.9 Å². The lowest BCUT2D eigenvalue weighted by molar-refractivity contribution is 0.439. The Morgan fingerprint density at radius 3 is 2.57 bits per heavy atom. The number of hydrogen-bond acceptors (Lipinski definition) is 3. The number of rotatable bonds is 3. The number of aromatic nitrogens is 1. The lowest BCUT2D eigenvalue weighted by Crippen LogP contribution is -2.13. The highest BCUT2D eigenvalue weighted by molar-refractivity contribution is 5.43. The third kappa shape index (κ3) is 3.61. The number of ether oxygens (including phenoxy) is 1. The van der Waals surface area contributed by atoms with Crippen LogP contribution in [0.15, 0.2) is 36.4 Å². The van der Waals surface area contributed by atoms with E-state index in [1.54, 1.807) is 18.2 Å². The molecule has 0 amide bonds. The minimum absolute atomic E-state index is 0.0205. The van der Waals surface area contributed by atoms with Crippen LogP contribution in [0.3, 0.4) is 0 Å². The van der Waals surface area contributed by atoms with Crippen LogP contribution in [-0.2, 0) is 11.8 Å². The van der Waals surface area contributed by atoms with Crippen LogP contribution in [0, 0.1) is 11.3 Å². The van der Waals surface area contributed by atoms with Crippen molar-refractivity contribution in [1.82, 2.24) is 4.98 Å². The van der Waals surface area contributed by atoms with E-state index in [0.29, 0.717) is 11.6 Å². The first-order valence-electron chi connectivity index (χ1n) is 7.12. The van der Waals surface area contributed by atoms with Crippen LogP contribution >= 0.6 is 0 Å². The molecular weight excluding hydrogens is 260 g/mol. The smallest absolute Gasteiger partial charge is 0.220 e. The fraction of sp³-hybridized carbons (Fsp3) is 0.333. The molecule has 108 valence electrons. The SMILES string of the molecule is CCc1ccc(Oc2cccc(C#N)n2)c(C(C)(C)C)c1. The minimum atomic E-state index is -0.0205. The molecule has 0 N–H and O–H groups in total. The summed E-state index contributed by atoms with van der Waals surface area (Å²) in [6, 6.07) is 13.5. The fourth-order valence-corrected chi connectivity index (χ4v) is 2.12. The molecule has 0 unspecified atom stereocenters. The van der Waals surface area contributed by atoms with Crippen molar-refractivity contribution in [2.75, 3.05) is 0 Å². The fourth-order valence-electron chi connectivity index (χ4n) is 2.12. The van der Waals surface area contributed by atoms with Crippen molar-refractivity contribution >= 4 is 0 Å². The topological polar surface area (TPSA) is 45.9 Å². The maximum Gasteiger partial charge on any atom is 0.220 e. The summed E-state index contributed by atoms with van der Waals surface area (Å²) in [5, 5.41) is 8.91. The summed E-state index contributed by atoms with van der Waals surface area (Å²) in [5.41, 5.74) is 2.76. The van der Waals surface area contributed by atoms with Crippen LogP contribution in [0.4, 0.5) is 0 Å². The van der Waals surface area contributed by atoms with Crippen LogP contribution < -0.4 is 4.74 Å². The van der Waals surface area contributed by atoms with Crippen molar-refractivity contribution in [1.29, 1.82) is 5.26 Å². The van der Waals surface area contributed by atoms with E-state index in [4.69, 9.17) is 10.00 Å². The largest absolute Gasteiger partial charge is 0.439 e. The van der Waals surface area contributed by atoms with Gasteiger partial charge in [-0.05, 0) is 29.5 Å². The van der Waals surface area contributed by atoms with Gasteiger partial charge in [0.2, 0.25) is 5.88 Å². The van der Waals surface area contributed by atoms with E-state index in [1.165, 1.54) is 5.56 Å². The Balaban J connectivity index is 2.41. The van der Waals surface area contributed by atoms with E-state index >= 15 is 0 Å². The average Bonchev–Trinajstić information content (AvgIpc) is 2.46. The molecule has 0 fully saturated rings. The van der Waals surface area contributed by atoms with E-state index in [1.807, 2.05) is 12.1 Å². The molecule has 2 rings (SSSR count). The molecule has 21 heavy (non-hydrogen) atoms. The molecule has 0 saturated heterocycles. The predicted molar refractivity (Wildman–Crippen MR) is 83.5 cm³/mol. The lowest BCUT2D eigenvalue weighted by Gasteiger charge is -2.23. The minimum Gasteiger partial charge on any atom is -0.439 e. The van der Waals surface area contributed by atoms with Gasteiger partial charge in [0.25, 0.3) is 0 Å². The Bertz CT molecular complexity index is 678. The zero-order valence-electron chi connectivity index (χ0n) is 13.0. The second kappa shape index (κ2) is 5.97. The molecule has 0 radical (unpaired) electrons. The number of benzene rings is 1. The van der Waals surface area contributed by atoms with Crippen LogP contribution in [0.1, 0.15) is 44.5 Å². The maximum absolute atomic E-state index is 8.91. The third-order valence-electron chi connectivity index (χ3n) is 3.31. The van der Waals surface area contributed by atoms with Crippen molar-refractivity contribution in [3.63, 3.8) is 0 Å². The molecule has 3 heteroatoms. The van der Waals surface area contributed by atoms with E-state index in [0.717, 1.165) is 17.7 Å². The first kappa shape index (κ1) is 15.1. The standard InChI is InChI=1S/C18H20N2O/c1-5-13-9-10-16(15(11-13)18(2,3)4)21-17-8-6-7-14(12-19)20-17/h6-11H,5H2,1-4H3. The molecule has 0 saturated carbocycles. The molecule has 0 spiro atoms. The van der Waals surface area contributed by atoms with Gasteiger partial charge < -0.3 is 4.74 Å². The Hall–Kier alpha value is -2.34. The summed E-state index contributed by atoms with van der Waals surface area (Å²) < 4.78 is 5.92. The van der Waals surface area contributed by atoms with Crippen LogP contribution in [0.25, 0.3) is 0 Å². The normalized spacial score (nSPS) is 11.0. The van der Waals surface area contributed by atoms with Crippen molar-refractivity contribution in [3.8, 4) is 17.7 Å². The van der Waals surface area contributed by atoms with Crippen LogP contribution in [-0.4, -0.2) is 4.98 Å². The van der Waals surface area contributed by atoms with Gasteiger partial charge in [0.1, 0.15) is 17.5 Å². The highest BCUT2D eigenvalue weighted by Gasteiger charge is 2.20. The number of hydrogen-bond donors (Lipinski definition) is 0. The van der Waals surface area contributed by atoms with Gasteiger partial charge in [0.15, 0.2) is 0 Å². The number of nitriles is 1. The molecule has 0 bridgehead atoms. The van der Waals surface area contributed by atoms with Gasteiger partial charge in [0.05, 0.1) is 0 Å². The van der Waals surface area contributed by atoms with Crippen LogP contribution in [0.5, 0.6) is 11.6 Å². The molecule has 0 atom stereocenters. The van der Waals surface area contributed by atoms with Gasteiger partial charge >= 0.3 is 0 Å². The number of nitrogens with zero attached hydrogens (tertiary/aromatic N) is 2. The molecule has 1 aromatic heterocycles. The number of pyridine rings is 1. The average molecular weight is 280 g/mol. The second-order valence-corrected chi connectivity index (χ2v) is 6.01. The first-order chi connectivity index (χ1) is 9.94. The molecule has 1 heterocycles. The van der Waals surface area contributed by atoms with Crippen molar-refractivity contribution < 1.29 is 4.74 Å². The zero-order valence-corrected chi connectivity index (χ0v) is 13.0. The molecule has 2 aromatic rings. The predicted octanol–water partition coefficient (Wildman–Crippen LogP) is 4.61. The number of aryl methyl sites for hydroxylation is 1. The quantitative estimate of drug-likeness (QED) is 0.825. The Labute approximate surface area is 126 Å². The van der Waals surface area contributed by atoms with Crippen molar-refractivity contribution in [2.24, 2.45) is 0 Å². The Morgan fingerprint density at radius 1 is 1.19 bits per heavy atom. The Kier molecular flexibility index (Phi) is 4.28. The van der Waals surface area contributed by atoms with Gasteiger partial charge in [-0.3, -0.25) is 0 Å². The van der Waals surface area contributed by atoms with Crippen molar-refractivity contribution in [2.45, 2.75) is 39.5 Å². The molecule has 0 aliphatic heterocycles. The molecule has 1 aromatic carbocycles. The van der Waals surface area contributed by atoms with E-state index in [2.05, 4.69) is 44.8 Å². The Morgan fingerprint density at radius 2 is 1.95 bits per heavy atom. The molecule has 3 nitrogen and oxygen atoms in total. The van der Waals surface area contributed by atoms with E-state index in [9.17, 15) is 0 Å². The monoisotopic (exact) mass is 280 g/mol. The summed E-state index contributed by atoms with van der Waals surface area (Å²) in [4.78, 5) is 4.17. The van der Waals surface area contributed by atoms with Crippen molar-refractivity contribution in [3.05, 3.63) is 53.2 Å². The van der Waals surface area contributed by atoms with Gasteiger partial charge in [-0.15, -0.1) is 0 Å². The summed E-state index contributed by atoms with van der Waals surface area (Å²) in [6.45, 7) is 8.62. The summed E-state index contributed by atoms with van der Waals surface area (Å²) >= 11 is 0. The van der Waals surface area contributed by atoms with Gasteiger partial charge in [-0.25, -0.2) is 4.98 Å². The van der Waals surface area contributed by atoms with E-state index in [-0.39, 0.29) is 5.41 Å². The summed E-state index contributed by atoms with van der Waals surface area (Å²) in [7, 11) is 0. The highest BCUT2D eigenvalue weighted by Crippen LogP contribution is 2.34. The summed E-state index contributed by atoms with van der Waals surface area (Å²) in [6.07, 6.45) is 0.992. The van der Waals surface area contributed by atoms with E-state index < -0.39 is 0 Å². The second-order valence-electron chi connectivity index (χ2n) is 6.01. The molecular formula is C18H20N2O. The molecule has 0 aliphatic carbocycles. The van der Waals surface area contributed by atoms with Crippen LogP contribution in [0.2, 0.25) is 0 Å². The van der Waals surface area contributed by atoms with Gasteiger partial charge in [0, 0.05) is 11.6 Å². The lowest BCUT2D eigenvalue weighted by atomic mass is 9.85. The zero-order chi connectivity index (χ0) is 15.5. The maximum atomic E-state index is 8.91. The highest BCUT2D eigenvalue weighted by atomic mass is 16.5. The summed E-state index contributed by atoms with van der Waals surface area (Å²) in [5.74, 6) is 1.24.